The lowest BCUT2D eigenvalue weighted by atomic mass is 10.1. The van der Waals surface area contributed by atoms with Crippen molar-refractivity contribution in [2.75, 3.05) is 38.1 Å². The van der Waals surface area contributed by atoms with Crippen molar-refractivity contribution < 1.29 is 9.59 Å². The number of nitrogens with zero attached hydrogens (tertiary/aromatic N) is 5. The molecule has 1 atom stereocenters. The fourth-order valence-electron chi connectivity index (χ4n) is 2.77. The van der Waals surface area contributed by atoms with E-state index in [-0.39, 0.29) is 18.4 Å². The predicted octanol–water partition coefficient (Wildman–Crippen LogP) is -0.558. The van der Waals surface area contributed by atoms with Crippen LogP contribution in [0.5, 0.6) is 0 Å². The van der Waals surface area contributed by atoms with Crippen LogP contribution >= 0.6 is 0 Å². The second-order valence-electron chi connectivity index (χ2n) is 5.26. The van der Waals surface area contributed by atoms with Gasteiger partial charge in [-0.1, -0.05) is 0 Å². The number of hydrogen-bond acceptors (Lipinski definition) is 5. The molecule has 108 valence electrons. The van der Waals surface area contributed by atoms with Crippen LogP contribution in [0.1, 0.15) is 5.56 Å². The molecule has 2 amide bonds. The van der Waals surface area contributed by atoms with E-state index < -0.39 is 6.04 Å². The number of amides is 2. The second kappa shape index (κ2) is 5.05. The number of hydrogen-bond donors (Lipinski definition) is 0. The van der Waals surface area contributed by atoms with Gasteiger partial charge in [0.1, 0.15) is 17.9 Å². The molecule has 2 saturated heterocycles. The van der Waals surface area contributed by atoms with E-state index in [4.69, 9.17) is 5.26 Å². The molecule has 2 aliphatic rings. The Balaban J connectivity index is 1.80. The highest BCUT2D eigenvalue weighted by atomic mass is 16.2. The number of fused-ring (bicyclic) bond motifs is 1. The molecule has 3 heterocycles. The lowest BCUT2D eigenvalue weighted by molar-refractivity contribution is -0.154. The topological polar surface area (TPSA) is 80.5 Å². The first-order chi connectivity index (χ1) is 10.1. The van der Waals surface area contributed by atoms with Crippen LogP contribution in [0.25, 0.3) is 0 Å². The van der Waals surface area contributed by atoms with Gasteiger partial charge in [-0.2, -0.15) is 5.26 Å². The number of anilines is 1. The Morgan fingerprint density at radius 3 is 2.81 bits per heavy atom. The molecule has 0 aliphatic carbocycles. The zero-order valence-corrected chi connectivity index (χ0v) is 11.7. The summed E-state index contributed by atoms with van der Waals surface area (Å²) in [5.41, 5.74) is 0.501. The summed E-state index contributed by atoms with van der Waals surface area (Å²) in [5, 5.41) is 8.79. The van der Waals surface area contributed by atoms with E-state index in [0.29, 0.717) is 25.2 Å². The van der Waals surface area contributed by atoms with Crippen LogP contribution in [0.2, 0.25) is 0 Å². The molecule has 0 unspecified atom stereocenters. The van der Waals surface area contributed by atoms with Crippen LogP contribution in [0.15, 0.2) is 18.3 Å². The van der Waals surface area contributed by atoms with Gasteiger partial charge in [-0.25, -0.2) is 4.98 Å². The Labute approximate surface area is 122 Å². The summed E-state index contributed by atoms with van der Waals surface area (Å²) in [6.45, 7) is 1.75. The largest absolute Gasteiger partial charge is 0.352 e. The Morgan fingerprint density at radius 1 is 1.33 bits per heavy atom. The van der Waals surface area contributed by atoms with E-state index in [9.17, 15) is 9.59 Å². The van der Waals surface area contributed by atoms with Gasteiger partial charge >= 0.3 is 0 Å². The van der Waals surface area contributed by atoms with Crippen molar-refractivity contribution in [3.63, 3.8) is 0 Å². The van der Waals surface area contributed by atoms with Crippen molar-refractivity contribution >= 4 is 17.6 Å². The van der Waals surface area contributed by atoms with Gasteiger partial charge in [0.25, 0.3) is 0 Å². The molecular weight excluding hydrogens is 270 g/mol. The van der Waals surface area contributed by atoms with Gasteiger partial charge in [-0.05, 0) is 12.1 Å². The van der Waals surface area contributed by atoms with Crippen LogP contribution in [0.4, 0.5) is 5.82 Å². The summed E-state index contributed by atoms with van der Waals surface area (Å²) in [4.78, 5) is 33.6. The lowest BCUT2D eigenvalue weighted by Gasteiger charge is -2.45. The van der Waals surface area contributed by atoms with Gasteiger partial charge in [0.05, 0.1) is 12.1 Å². The molecular formula is C14H15N5O2. The van der Waals surface area contributed by atoms with E-state index in [1.54, 1.807) is 24.1 Å². The van der Waals surface area contributed by atoms with E-state index in [2.05, 4.69) is 4.98 Å². The third-order valence-electron chi connectivity index (χ3n) is 3.94. The molecule has 21 heavy (non-hydrogen) atoms. The third kappa shape index (κ3) is 2.29. The standard InChI is InChI=1S/C14H15N5O2/c1-17-9-13(20)19-5-4-18(8-11(19)14(17)21)12-3-2-10(6-15)7-16-12/h2-3,7,11H,4-5,8-9H2,1H3/t11-/m0/s1. The summed E-state index contributed by atoms with van der Waals surface area (Å²) in [6.07, 6.45) is 1.52. The van der Waals surface area contributed by atoms with Crippen LogP contribution in [-0.4, -0.2) is 65.9 Å². The SMILES string of the molecule is CN1CC(=O)N2CCN(c3ccc(C#N)cn3)C[C@H]2C1=O. The van der Waals surface area contributed by atoms with E-state index in [0.717, 1.165) is 5.82 Å². The van der Waals surface area contributed by atoms with Crippen LogP contribution in [-0.2, 0) is 9.59 Å². The van der Waals surface area contributed by atoms with Gasteiger partial charge in [-0.3, -0.25) is 9.59 Å². The first-order valence-corrected chi connectivity index (χ1v) is 6.75. The van der Waals surface area contributed by atoms with Crippen molar-refractivity contribution in [2.24, 2.45) is 0 Å². The van der Waals surface area contributed by atoms with E-state index in [1.165, 1.54) is 11.1 Å². The molecule has 2 fully saturated rings. The molecule has 1 aromatic rings. The first-order valence-electron chi connectivity index (χ1n) is 6.75. The van der Waals surface area contributed by atoms with Crippen LogP contribution in [0.3, 0.4) is 0 Å². The fraction of sp³-hybridized carbons (Fsp3) is 0.429. The highest BCUT2D eigenvalue weighted by Gasteiger charge is 2.41. The summed E-state index contributed by atoms with van der Waals surface area (Å²) in [7, 11) is 1.65. The first kappa shape index (κ1) is 13.4. The van der Waals surface area contributed by atoms with Gasteiger partial charge < -0.3 is 14.7 Å². The monoisotopic (exact) mass is 285 g/mol. The number of pyridine rings is 1. The quantitative estimate of drug-likeness (QED) is 0.691. The molecule has 0 N–H and O–H groups in total. The minimum atomic E-state index is -0.442. The van der Waals surface area contributed by atoms with Gasteiger partial charge in [-0.15, -0.1) is 0 Å². The van der Waals surface area contributed by atoms with E-state index >= 15 is 0 Å². The van der Waals surface area contributed by atoms with Crippen molar-refractivity contribution in [3.05, 3.63) is 23.9 Å². The molecule has 7 nitrogen and oxygen atoms in total. The molecule has 0 aromatic carbocycles. The summed E-state index contributed by atoms with van der Waals surface area (Å²) in [6, 6.07) is 5.06. The zero-order chi connectivity index (χ0) is 15.0. The lowest BCUT2D eigenvalue weighted by Crippen LogP contribution is -2.66. The van der Waals surface area contributed by atoms with Gasteiger partial charge in [0.15, 0.2) is 0 Å². The van der Waals surface area contributed by atoms with Crippen molar-refractivity contribution in [1.82, 2.24) is 14.8 Å². The summed E-state index contributed by atoms with van der Waals surface area (Å²) >= 11 is 0. The average molecular weight is 285 g/mol. The highest BCUT2D eigenvalue weighted by Crippen LogP contribution is 2.21. The number of aromatic nitrogens is 1. The fourth-order valence-corrected chi connectivity index (χ4v) is 2.77. The molecule has 3 rings (SSSR count). The van der Waals surface area contributed by atoms with Crippen LogP contribution in [0, 0.1) is 11.3 Å². The Bertz CT molecular complexity index is 621. The number of likely N-dealkylation sites (N-methyl/N-ethyl adjacent to an activating group) is 1. The summed E-state index contributed by atoms with van der Waals surface area (Å²) in [5.74, 6) is 0.685. The smallest absolute Gasteiger partial charge is 0.247 e. The molecule has 0 radical (unpaired) electrons. The number of piperazine rings is 2. The van der Waals surface area contributed by atoms with Crippen molar-refractivity contribution in [2.45, 2.75) is 6.04 Å². The number of carbonyl (C=O) groups excluding carboxylic acids is 2. The highest BCUT2D eigenvalue weighted by molar-refractivity contribution is 5.95. The molecule has 0 saturated carbocycles. The average Bonchev–Trinajstić information content (AvgIpc) is 2.52. The Kier molecular flexibility index (Phi) is 3.22. The Hall–Kier alpha value is -2.62. The van der Waals surface area contributed by atoms with Gasteiger partial charge in [0.2, 0.25) is 11.8 Å². The maximum absolute atomic E-state index is 12.2. The minimum absolute atomic E-state index is 0.00506. The van der Waals surface area contributed by atoms with Crippen molar-refractivity contribution in [3.8, 4) is 6.07 Å². The van der Waals surface area contributed by atoms with Crippen LogP contribution < -0.4 is 4.90 Å². The number of rotatable bonds is 1. The maximum Gasteiger partial charge on any atom is 0.247 e. The number of nitriles is 1. The third-order valence-corrected chi connectivity index (χ3v) is 3.94. The zero-order valence-electron chi connectivity index (χ0n) is 11.7. The number of carbonyl (C=O) groups is 2. The van der Waals surface area contributed by atoms with Gasteiger partial charge in [0, 0.05) is 32.9 Å². The molecule has 0 bridgehead atoms. The second-order valence-corrected chi connectivity index (χ2v) is 5.26. The predicted molar refractivity (Wildman–Crippen MR) is 74.3 cm³/mol. The molecule has 2 aliphatic heterocycles. The van der Waals surface area contributed by atoms with Crippen molar-refractivity contribution in [1.29, 1.82) is 5.26 Å². The Morgan fingerprint density at radius 2 is 2.14 bits per heavy atom. The van der Waals surface area contributed by atoms with E-state index in [1.807, 2.05) is 11.0 Å². The molecule has 7 heteroatoms. The summed E-state index contributed by atoms with van der Waals surface area (Å²) < 4.78 is 0. The normalized spacial score (nSPS) is 22.1. The maximum atomic E-state index is 12.2. The minimum Gasteiger partial charge on any atom is -0.352 e. The molecule has 1 aromatic heterocycles. The molecule has 0 spiro atoms.